The van der Waals surface area contributed by atoms with E-state index < -0.39 is 95.4 Å². The number of rotatable bonds is 9. The van der Waals surface area contributed by atoms with Crippen LogP contribution >= 0.6 is 15.6 Å². The first-order valence-electron chi connectivity index (χ1n) is 9.99. The molecule has 1 aromatic heterocycles. The van der Waals surface area contributed by atoms with Gasteiger partial charge in [-0.25, -0.2) is 13.9 Å². The lowest BCUT2D eigenvalue weighted by Crippen LogP contribution is -2.58. The molecule has 11 atom stereocenters. The zero-order chi connectivity index (χ0) is 27.0. The maximum Gasteiger partial charge on any atom is 0.483 e. The number of phosphoric acid groups is 2. The number of H-pyrrole nitrogens is 1. The highest BCUT2D eigenvalue weighted by atomic mass is 31.3. The summed E-state index contributed by atoms with van der Waals surface area (Å²) in [6, 6.07) is 0.928. The first kappa shape index (κ1) is 29.2. The van der Waals surface area contributed by atoms with Crippen molar-refractivity contribution in [1.82, 2.24) is 9.55 Å². The van der Waals surface area contributed by atoms with Crippen molar-refractivity contribution in [2.75, 3.05) is 13.2 Å². The van der Waals surface area contributed by atoms with Crippen molar-refractivity contribution in [1.29, 1.82) is 0 Å². The molecule has 0 amide bonds. The van der Waals surface area contributed by atoms with Gasteiger partial charge in [-0.05, 0) is 0 Å². The molecule has 0 aromatic carbocycles. The maximum atomic E-state index is 12.2. The van der Waals surface area contributed by atoms with Gasteiger partial charge < -0.3 is 49.9 Å². The van der Waals surface area contributed by atoms with E-state index in [4.69, 9.17) is 14.6 Å². The second kappa shape index (κ2) is 11.2. The van der Waals surface area contributed by atoms with Crippen molar-refractivity contribution < 1.29 is 72.4 Å². The van der Waals surface area contributed by atoms with E-state index in [1.165, 1.54) is 0 Å². The molecule has 3 heterocycles. The van der Waals surface area contributed by atoms with E-state index in [-0.39, 0.29) is 0 Å². The molecule has 2 aliphatic rings. The molecule has 2 fully saturated rings. The molecule has 2 aliphatic heterocycles. The summed E-state index contributed by atoms with van der Waals surface area (Å²) < 4.78 is 48.1. The number of phosphoric ester groups is 2. The monoisotopic (exact) mass is 566 g/mol. The standard InChI is InChI=1S/C15H24N2O17P2/c18-3-5-8(20)10(22)12(24)14(32-5)33-36(28,29)34-35(26,27)30-4-6-9(21)11(23)13(31-6)17-2-1-7(19)16-15(17)25/h1-2,5-6,8-14,18,20-24H,3-4H2,(H,26,27)(H,28,29)(H,16,19,25)/t5-,6+,8-,9+,10+,11+,12-,13+,14+/m0/s1. The SMILES string of the molecule is O=c1ccn([C@@H]2O[C@H](COP(=O)(O)OP(=O)(O)O[C@H]3O[C@@H](CO)[C@H](O)[C@@H](O)[C@@H]3O)[C@@H](O)[C@H]2O)c(=O)[nH]1. The summed E-state index contributed by atoms with van der Waals surface area (Å²) in [5.74, 6) is 0. The summed E-state index contributed by atoms with van der Waals surface area (Å²) in [5.41, 5.74) is -1.75. The Morgan fingerprint density at radius 1 is 0.917 bits per heavy atom. The third kappa shape index (κ3) is 6.54. The van der Waals surface area contributed by atoms with Gasteiger partial charge in [0.05, 0.1) is 13.2 Å². The Labute approximate surface area is 199 Å². The predicted molar refractivity (Wildman–Crippen MR) is 109 cm³/mol. The fourth-order valence-electron chi connectivity index (χ4n) is 3.35. The van der Waals surface area contributed by atoms with E-state index in [0.717, 1.165) is 16.8 Å². The second-order valence-corrected chi connectivity index (χ2v) is 10.7. The highest BCUT2D eigenvalue weighted by molar-refractivity contribution is 7.61. The topological polar surface area (TPSA) is 297 Å². The van der Waals surface area contributed by atoms with E-state index in [0.29, 0.717) is 0 Å². The third-order valence-corrected chi connectivity index (χ3v) is 7.76. The zero-order valence-electron chi connectivity index (χ0n) is 17.9. The first-order chi connectivity index (χ1) is 16.7. The van der Waals surface area contributed by atoms with Gasteiger partial charge >= 0.3 is 21.3 Å². The highest BCUT2D eigenvalue weighted by Crippen LogP contribution is 2.61. The van der Waals surface area contributed by atoms with Crippen LogP contribution in [0.5, 0.6) is 0 Å². The number of nitrogens with zero attached hydrogens (tertiary/aromatic N) is 1. The molecule has 3 rings (SSSR count). The van der Waals surface area contributed by atoms with Gasteiger partial charge in [-0.3, -0.25) is 23.4 Å². The Bertz CT molecular complexity index is 1120. The van der Waals surface area contributed by atoms with Crippen LogP contribution in [-0.2, 0) is 32.0 Å². The molecule has 21 heteroatoms. The van der Waals surface area contributed by atoms with Gasteiger partial charge in [-0.2, -0.15) is 4.31 Å². The second-order valence-electron chi connectivity index (χ2n) is 7.68. The van der Waals surface area contributed by atoms with Crippen molar-refractivity contribution in [3.63, 3.8) is 0 Å². The van der Waals surface area contributed by atoms with E-state index in [9.17, 15) is 54.0 Å². The molecule has 206 valence electrons. The summed E-state index contributed by atoms with van der Waals surface area (Å²) in [5, 5.41) is 58.6. The quantitative estimate of drug-likeness (QED) is 0.127. The van der Waals surface area contributed by atoms with Crippen LogP contribution < -0.4 is 11.2 Å². The number of aliphatic hydroxyl groups is 6. The van der Waals surface area contributed by atoms with Gasteiger partial charge in [0.15, 0.2) is 12.5 Å². The lowest BCUT2D eigenvalue weighted by atomic mass is 10.00. The van der Waals surface area contributed by atoms with Crippen molar-refractivity contribution in [2.45, 2.75) is 55.2 Å². The van der Waals surface area contributed by atoms with Gasteiger partial charge in [0.1, 0.15) is 42.7 Å². The average molecular weight is 566 g/mol. The highest BCUT2D eigenvalue weighted by Gasteiger charge is 2.49. The molecule has 19 nitrogen and oxygen atoms in total. The number of aromatic nitrogens is 2. The fraction of sp³-hybridized carbons (Fsp3) is 0.733. The van der Waals surface area contributed by atoms with Gasteiger partial charge in [0.25, 0.3) is 5.56 Å². The molecule has 36 heavy (non-hydrogen) atoms. The van der Waals surface area contributed by atoms with Crippen LogP contribution in [0.25, 0.3) is 0 Å². The summed E-state index contributed by atoms with van der Waals surface area (Å²) in [7, 11) is -11.1. The number of nitrogens with one attached hydrogen (secondary N) is 1. The Morgan fingerprint density at radius 3 is 2.17 bits per heavy atom. The molecule has 0 radical (unpaired) electrons. The molecule has 0 aliphatic carbocycles. The number of aromatic amines is 1. The molecular formula is C15H24N2O17P2. The zero-order valence-corrected chi connectivity index (χ0v) is 19.6. The van der Waals surface area contributed by atoms with Crippen molar-refractivity contribution in [3.8, 4) is 0 Å². The molecule has 2 saturated heterocycles. The molecular weight excluding hydrogens is 542 g/mol. The Kier molecular flexibility index (Phi) is 9.05. The Morgan fingerprint density at radius 2 is 1.56 bits per heavy atom. The maximum absolute atomic E-state index is 12.2. The van der Waals surface area contributed by atoms with Gasteiger partial charge in [0, 0.05) is 12.3 Å². The van der Waals surface area contributed by atoms with Crippen molar-refractivity contribution >= 4 is 15.6 Å². The van der Waals surface area contributed by atoms with Crippen LogP contribution in [0, 0.1) is 0 Å². The Hall–Kier alpha value is -1.38. The van der Waals surface area contributed by atoms with Gasteiger partial charge in [0.2, 0.25) is 0 Å². The molecule has 9 N–H and O–H groups in total. The molecule has 0 spiro atoms. The van der Waals surface area contributed by atoms with Crippen LogP contribution in [0.1, 0.15) is 6.23 Å². The number of hydrogen-bond donors (Lipinski definition) is 9. The van der Waals surface area contributed by atoms with E-state index in [2.05, 4.69) is 13.4 Å². The third-order valence-electron chi connectivity index (χ3n) is 5.16. The van der Waals surface area contributed by atoms with Gasteiger partial charge in [-0.1, -0.05) is 0 Å². The van der Waals surface area contributed by atoms with Gasteiger partial charge in [-0.15, -0.1) is 0 Å². The minimum absolute atomic E-state index is 0.723. The van der Waals surface area contributed by atoms with E-state index in [1.807, 2.05) is 4.98 Å². The molecule has 0 bridgehead atoms. The van der Waals surface area contributed by atoms with E-state index in [1.54, 1.807) is 0 Å². The Balaban J connectivity index is 1.61. The van der Waals surface area contributed by atoms with Crippen molar-refractivity contribution in [3.05, 3.63) is 33.1 Å². The largest absolute Gasteiger partial charge is 0.483 e. The minimum atomic E-state index is -5.59. The number of hydrogen-bond acceptors (Lipinski definition) is 15. The summed E-state index contributed by atoms with van der Waals surface area (Å²) in [6.45, 7) is -1.93. The lowest BCUT2D eigenvalue weighted by Gasteiger charge is -2.39. The smallest absolute Gasteiger partial charge is 0.394 e. The lowest BCUT2D eigenvalue weighted by molar-refractivity contribution is -0.280. The summed E-state index contributed by atoms with van der Waals surface area (Å²) in [6.07, 6.45) is -15.4. The number of aliphatic hydroxyl groups excluding tert-OH is 6. The normalized spacial score (nSPS) is 38.4. The minimum Gasteiger partial charge on any atom is -0.394 e. The van der Waals surface area contributed by atoms with Crippen molar-refractivity contribution in [2.24, 2.45) is 0 Å². The van der Waals surface area contributed by atoms with Crippen LogP contribution in [0.2, 0.25) is 0 Å². The van der Waals surface area contributed by atoms with Crippen LogP contribution in [-0.4, -0.2) is 112 Å². The van der Waals surface area contributed by atoms with Crippen LogP contribution in [0.15, 0.2) is 21.9 Å². The molecule has 1 aromatic rings. The predicted octanol–water partition coefficient (Wildman–Crippen LogP) is -4.79. The fourth-order valence-corrected chi connectivity index (χ4v) is 5.51. The average Bonchev–Trinajstić information content (AvgIpc) is 3.06. The molecule has 0 saturated carbocycles. The molecule has 2 unspecified atom stereocenters. The van der Waals surface area contributed by atoms with Crippen LogP contribution in [0.3, 0.4) is 0 Å². The van der Waals surface area contributed by atoms with E-state index >= 15 is 0 Å². The number of ether oxygens (including phenoxy) is 2. The summed E-state index contributed by atoms with van der Waals surface area (Å²) >= 11 is 0. The van der Waals surface area contributed by atoms with Crippen LogP contribution in [0.4, 0.5) is 0 Å². The first-order valence-corrected chi connectivity index (χ1v) is 13.0. The summed E-state index contributed by atoms with van der Waals surface area (Å²) in [4.78, 5) is 44.5.